The minimum Gasteiger partial charge on any atom is -0.352 e. The van der Waals surface area contributed by atoms with Crippen LogP contribution in [0.4, 0.5) is 5.69 Å². The van der Waals surface area contributed by atoms with Crippen LogP contribution in [0.2, 0.25) is 0 Å². The molecule has 7 heteroatoms. The molecule has 0 aliphatic carbocycles. The molecule has 35 heavy (non-hydrogen) atoms. The minimum atomic E-state index is -0.116. The summed E-state index contributed by atoms with van der Waals surface area (Å²) >= 11 is 5.74. The van der Waals surface area contributed by atoms with E-state index in [0.717, 1.165) is 28.2 Å². The van der Waals surface area contributed by atoms with Gasteiger partial charge in [0.2, 0.25) is 5.91 Å². The van der Waals surface area contributed by atoms with Gasteiger partial charge in [-0.2, -0.15) is 0 Å². The highest BCUT2D eigenvalue weighted by atomic mass is 32.1. The van der Waals surface area contributed by atoms with Gasteiger partial charge in [0, 0.05) is 42.9 Å². The van der Waals surface area contributed by atoms with Gasteiger partial charge in [-0.25, -0.2) is 0 Å². The van der Waals surface area contributed by atoms with Crippen LogP contribution < -0.4 is 10.6 Å². The highest BCUT2D eigenvalue weighted by Crippen LogP contribution is 2.39. The van der Waals surface area contributed by atoms with Crippen molar-refractivity contribution >= 4 is 28.9 Å². The molecule has 0 radical (unpaired) electrons. The quantitative estimate of drug-likeness (QED) is 0.356. The molecule has 6 nitrogen and oxygen atoms in total. The van der Waals surface area contributed by atoms with E-state index in [1.54, 1.807) is 6.20 Å². The zero-order valence-electron chi connectivity index (χ0n) is 19.5. The second kappa shape index (κ2) is 10.1. The molecule has 1 fully saturated rings. The predicted octanol–water partition coefficient (Wildman–Crippen LogP) is 5.18. The molecule has 2 atom stereocenters. The summed E-state index contributed by atoms with van der Waals surface area (Å²) in [5.74, 6) is -0.0414. The first-order valence-electron chi connectivity index (χ1n) is 11.7. The van der Waals surface area contributed by atoms with Gasteiger partial charge < -0.3 is 20.1 Å². The maximum Gasteiger partial charge on any atom is 0.226 e. The number of carbonyl (C=O) groups excluding carboxylic acids is 1. The van der Waals surface area contributed by atoms with Crippen molar-refractivity contribution in [1.82, 2.24) is 19.8 Å². The average Bonchev–Trinajstić information content (AvgIpc) is 3.48. The predicted molar refractivity (Wildman–Crippen MR) is 142 cm³/mol. The Hall–Kier alpha value is -3.97. The lowest BCUT2D eigenvalue weighted by molar-refractivity contribution is -0.116. The molecule has 4 aromatic rings. The number of rotatable bonds is 7. The van der Waals surface area contributed by atoms with Crippen LogP contribution in [0.1, 0.15) is 35.3 Å². The molecule has 1 amide bonds. The van der Waals surface area contributed by atoms with Gasteiger partial charge >= 0.3 is 0 Å². The number of para-hydroxylation sites is 1. The van der Waals surface area contributed by atoms with Crippen LogP contribution >= 0.6 is 12.2 Å². The summed E-state index contributed by atoms with van der Waals surface area (Å²) in [5.41, 5.74) is 5.02. The summed E-state index contributed by atoms with van der Waals surface area (Å²) in [6.07, 6.45) is 6.31. The van der Waals surface area contributed by atoms with Crippen molar-refractivity contribution in [2.45, 2.75) is 25.4 Å². The Balaban J connectivity index is 1.39. The van der Waals surface area contributed by atoms with Gasteiger partial charge in [-0.15, -0.1) is 0 Å². The molecule has 3 heterocycles. The lowest BCUT2D eigenvalue weighted by Crippen LogP contribution is -2.32. The van der Waals surface area contributed by atoms with Crippen LogP contribution in [0.15, 0.2) is 97.5 Å². The first-order chi connectivity index (χ1) is 17.1. The second-order valence-corrected chi connectivity index (χ2v) is 9.06. The van der Waals surface area contributed by atoms with Crippen molar-refractivity contribution in [1.29, 1.82) is 0 Å². The Morgan fingerprint density at radius 3 is 2.66 bits per heavy atom. The van der Waals surface area contributed by atoms with Gasteiger partial charge in [0.15, 0.2) is 5.11 Å². The van der Waals surface area contributed by atoms with Crippen LogP contribution in [-0.4, -0.2) is 32.0 Å². The summed E-state index contributed by atoms with van der Waals surface area (Å²) in [6.45, 7) is 2.50. The van der Waals surface area contributed by atoms with E-state index in [0.29, 0.717) is 18.1 Å². The Bertz CT molecular complexity index is 1320. The summed E-state index contributed by atoms with van der Waals surface area (Å²) in [5, 5.41) is 7.08. The average molecular weight is 482 g/mol. The fraction of sp³-hybridized carbons (Fsp3) is 0.179. The number of nitrogens with one attached hydrogen (secondary N) is 2. The Morgan fingerprint density at radius 2 is 1.89 bits per heavy atom. The third-order valence-corrected chi connectivity index (χ3v) is 6.54. The summed E-state index contributed by atoms with van der Waals surface area (Å²) in [7, 11) is 0. The third kappa shape index (κ3) is 5.10. The lowest BCUT2D eigenvalue weighted by Gasteiger charge is -2.27. The number of aromatic nitrogens is 2. The van der Waals surface area contributed by atoms with E-state index in [9.17, 15) is 4.79 Å². The molecule has 2 aromatic heterocycles. The molecule has 1 aliphatic rings. The summed E-state index contributed by atoms with van der Waals surface area (Å²) in [6, 6.07) is 25.8. The molecule has 2 N–H and O–H groups in total. The molecule has 1 saturated heterocycles. The van der Waals surface area contributed by atoms with E-state index in [-0.39, 0.29) is 18.0 Å². The van der Waals surface area contributed by atoms with Gasteiger partial charge in [-0.3, -0.25) is 9.78 Å². The molecule has 0 unspecified atom stereocenters. The van der Waals surface area contributed by atoms with Crippen LogP contribution in [-0.2, 0) is 4.79 Å². The Kier molecular flexibility index (Phi) is 6.59. The van der Waals surface area contributed by atoms with Gasteiger partial charge in [0.1, 0.15) is 0 Å². The smallest absolute Gasteiger partial charge is 0.226 e. The minimum absolute atomic E-state index is 0.0414. The van der Waals surface area contributed by atoms with Gasteiger partial charge in [-0.1, -0.05) is 36.4 Å². The number of hydrogen-bond donors (Lipinski definition) is 2. The van der Waals surface area contributed by atoms with E-state index >= 15 is 0 Å². The van der Waals surface area contributed by atoms with E-state index in [1.807, 2.05) is 67.6 Å². The lowest BCUT2D eigenvalue weighted by atomic mass is 9.99. The van der Waals surface area contributed by atoms with Gasteiger partial charge in [0.05, 0.1) is 17.8 Å². The zero-order valence-corrected chi connectivity index (χ0v) is 20.3. The van der Waals surface area contributed by atoms with E-state index < -0.39 is 0 Å². The van der Waals surface area contributed by atoms with Crippen LogP contribution in [0.3, 0.4) is 0 Å². The first kappa shape index (κ1) is 22.8. The van der Waals surface area contributed by atoms with Gasteiger partial charge in [0.25, 0.3) is 0 Å². The fourth-order valence-electron chi connectivity index (χ4n) is 4.53. The Morgan fingerprint density at radius 1 is 1.06 bits per heavy atom. The first-order valence-corrected chi connectivity index (χ1v) is 12.1. The monoisotopic (exact) mass is 481 g/mol. The number of nitrogens with zero attached hydrogens (tertiary/aromatic N) is 3. The van der Waals surface area contributed by atoms with Gasteiger partial charge in [-0.05, 0) is 72.7 Å². The normalized spacial score (nSPS) is 17.3. The molecule has 2 aromatic carbocycles. The highest BCUT2D eigenvalue weighted by Gasteiger charge is 2.40. The topological polar surface area (TPSA) is 62.2 Å². The van der Waals surface area contributed by atoms with E-state index in [4.69, 9.17) is 12.2 Å². The zero-order chi connectivity index (χ0) is 24.2. The van der Waals surface area contributed by atoms with Crippen molar-refractivity contribution in [3.05, 3.63) is 114 Å². The van der Waals surface area contributed by atoms with Crippen LogP contribution in [0.25, 0.3) is 5.69 Å². The maximum atomic E-state index is 12.8. The molecular formula is C28H27N5OS. The van der Waals surface area contributed by atoms with Crippen molar-refractivity contribution in [3.63, 3.8) is 0 Å². The highest BCUT2D eigenvalue weighted by molar-refractivity contribution is 7.80. The summed E-state index contributed by atoms with van der Waals surface area (Å²) < 4.78 is 2.11. The van der Waals surface area contributed by atoms with Crippen LogP contribution in [0.5, 0.6) is 0 Å². The number of anilines is 1. The molecule has 176 valence electrons. The number of benzene rings is 2. The third-order valence-electron chi connectivity index (χ3n) is 6.19. The van der Waals surface area contributed by atoms with E-state index in [1.165, 1.54) is 0 Å². The number of amides is 1. The van der Waals surface area contributed by atoms with Crippen LogP contribution in [0, 0.1) is 6.92 Å². The molecule has 0 spiro atoms. The molecule has 1 aliphatic heterocycles. The number of hydrogen-bond acceptors (Lipinski definition) is 3. The van der Waals surface area contributed by atoms with Crippen molar-refractivity contribution in [3.8, 4) is 5.69 Å². The second-order valence-electron chi connectivity index (χ2n) is 8.68. The standard InChI is InChI=1S/C28H27N5OS/c1-20-8-7-9-22(18-20)30-25(34)14-17-33-27(26(31-28(33)35)24-12-5-6-15-29-24)21-13-16-32(19-21)23-10-3-2-4-11-23/h2-13,15-16,18-19,26-27H,14,17H2,1H3,(H,30,34)(H,31,35)/t26-,27-/m0/s1. The van der Waals surface area contributed by atoms with Crippen molar-refractivity contribution < 1.29 is 4.79 Å². The van der Waals surface area contributed by atoms with Crippen molar-refractivity contribution in [2.75, 3.05) is 11.9 Å². The molecule has 5 rings (SSSR count). The summed E-state index contributed by atoms with van der Waals surface area (Å²) in [4.78, 5) is 19.5. The largest absolute Gasteiger partial charge is 0.352 e. The molecule has 0 bridgehead atoms. The maximum absolute atomic E-state index is 12.8. The number of aryl methyl sites for hydroxylation is 1. The van der Waals surface area contributed by atoms with E-state index in [2.05, 4.69) is 55.7 Å². The molecular weight excluding hydrogens is 454 g/mol. The SMILES string of the molecule is Cc1cccc(NC(=O)CCN2C(=S)N[C@@H](c3ccccn3)[C@@H]2c2ccn(-c3ccccc3)c2)c1. The fourth-order valence-corrected chi connectivity index (χ4v) is 4.86. The molecule has 0 saturated carbocycles. The number of carbonyl (C=O) groups is 1. The number of pyridine rings is 1. The number of thiocarbonyl (C=S) groups is 1. The Labute approximate surface area is 210 Å². The van der Waals surface area contributed by atoms with Crippen molar-refractivity contribution in [2.24, 2.45) is 0 Å².